The fourth-order valence-electron chi connectivity index (χ4n) is 3.01. The van der Waals surface area contributed by atoms with E-state index >= 15 is 0 Å². The van der Waals surface area contributed by atoms with E-state index < -0.39 is 0 Å². The van der Waals surface area contributed by atoms with Gasteiger partial charge in [-0.2, -0.15) is 0 Å². The van der Waals surface area contributed by atoms with Crippen LogP contribution < -0.4 is 10.8 Å². The second-order valence-corrected chi connectivity index (χ2v) is 7.78. The second kappa shape index (κ2) is 11.8. The third-order valence-corrected chi connectivity index (χ3v) is 5.78. The predicted molar refractivity (Wildman–Crippen MR) is 116 cm³/mol. The minimum absolute atomic E-state index is 0.0314. The van der Waals surface area contributed by atoms with Gasteiger partial charge < -0.3 is 10.2 Å². The predicted octanol–water partition coefficient (Wildman–Crippen LogP) is 4.42. The van der Waals surface area contributed by atoms with E-state index in [1.807, 2.05) is 12.1 Å². The minimum Gasteiger partial charge on any atom is -0.350 e. The van der Waals surface area contributed by atoms with E-state index in [1.54, 1.807) is 12.1 Å². The number of thiazole rings is 1. The van der Waals surface area contributed by atoms with Gasteiger partial charge in [0.2, 0.25) is 0 Å². The second-order valence-electron chi connectivity index (χ2n) is 6.78. The van der Waals surface area contributed by atoms with Crippen molar-refractivity contribution in [3.63, 3.8) is 0 Å². The van der Waals surface area contributed by atoms with Gasteiger partial charge in [-0.3, -0.25) is 15.5 Å². The lowest BCUT2D eigenvalue weighted by Crippen LogP contribution is -2.35. The number of nitrogens with zero attached hydrogens (tertiary/aromatic N) is 2. The number of anilines is 1. The van der Waals surface area contributed by atoms with Crippen LogP contribution in [0.2, 0.25) is 0 Å². The van der Waals surface area contributed by atoms with E-state index in [9.17, 15) is 4.79 Å². The van der Waals surface area contributed by atoms with E-state index in [0.29, 0.717) is 17.1 Å². The smallest absolute Gasteiger partial charge is 0.263 e. The van der Waals surface area contributed by atoms with Crippen LogP contribution in [0.25, 0.3) is 10.6 Å². The molecule has 2 aromatic rings. The number of unbranched alkanes of at least 4 members (excludes halogenated alkanes) is 1. The molecule has 28 heavy (non-hydrogen) atoms. The third-order valence-electron chi connectivity index (χ3n) is 4.63. The SMILES string of the molecule is CCCCc1nc(-c2ccc(NO)cc2)sc1C(=O)NCCN(CC)CCC. The van der Waals surface area contributed by atoms with Gasteiger partial charge in [-0.1, -0.05) is 27.2 Å². The zero-order valence-corrected chi connectivity index (χ0v) is 17.9. The number of aryl methyl sites for hydroxylation is 1. The largest absolute Gasteiger partial charge is 0.350 e. The lowest BCUT2D eigenvalue weighted by molar-refractivity contribution is 0.0951. The molecule has 0 bridgehead atoms. The summed E-state index contributed by atoms with van der Waals surface area (Å²) in [5.74, 6) is -0.0314. The van der Waals surface area contributed by atoms with Crippen LogP contribution in [0.5, 0.6) is 0 Å². The summed E-state index contributed by atoms with van der Waals surface area (Å²) in [5.41, 5.74) is 4.58. The molecule has 1 amide bonds. The van der Waals surface area contributed by atoms with Crippen LogP contribution in [0.3, 0.4) is 0 Å². The molecule has 0 saturated carbocycles. The van der Waals surface area contributed by atoms with Gasteiger partial charge in [0, 0.05) is 18.7 Å². The fourth-order valence-corrected chi connectivity index (χ4v) is 4.04. The van der Waals surface area contributed by atoms with Crippen LogP contribution in [0.15, 0.2) is 24.3 Å². The molecule has 0 aliphatic heterocycles. The molecular weight excluding hydrogens is 372 g/mol. The molecule has 0 aliphatic carbocycles. The number of hydrogen-bond acceptors (Lipinski definition) is 6. The average molecular weight is 405 g/mol. The molecule has 6 nitrogen and oxygen atoms in total. The minimum atomic E-state index is -0.0314. The van der Waals surface area contributed by atoms with E-state index in [0.717, 1.165) is 61.6 Å². The Bertz CT molecular complexity index is 731. The summed E-state index contributed by atoms with van der Waals surface area (Å²) in [6, 6.07) is 7.36. The number of hydrogen-bond donors (Lipinski definition) is 3. The Morgan fingerprint density at radius 1 is 1.14 bits per heavy atom. The zero-order valence-electron chi connectivity index (χ0n) is 17.1. The van der Waals surface area contributed by atoms with Crippen LogP contribution in [0, 0.1) is 0 Å². The number of aromatic nitrogens is 1. The topological polar surface area (TPSA) is 77.5 Å². The highest BCUT2D eigenvalue weighted by Gasteiger charge is 2.18. The Labute approximate surface area is 171 Å². The molecule has 0 aliphatic rings. The summed E-state index contributed by atoms with van der Waals surface area (Å²) in [6.07, 6.45) is 4.00. The zero-order chi connectivity index (χ0) is 20.4. The summed E-state index contributed by atoms with van der Waals surface area (Å²) < 4.78 is 0. The summed E-state index contributed by atoms with van der Waals surface area (Å²) >= 11 is 1.44. The first kappa shape index (κ1) is 22.3. The van der Waals surface area contributed by atoms with Crippen LogP contribution in [-0.4, -0.2) is 47.2 Å². The number of carbonyl (C=O) groups excluding carboxylic acids is 1. The molecule has 1 heterocycles. The lowest BCUT2D eigenvalue weighted by atomic mass is 10.1. The van der Waals surface area contributed by atoms with Gasteiger partial charge in [0.1, 0.15) is 9.88 Å². The highest BCUT2D eigenvalue weighted by molar-refractivity contribution is 7.17. The molecule has 0 unspecified atom stereocenters. The lowest BCUT2D eigenvalue weighted by Gasteiger charge is -2.19. The van der Waals surface area contributed by atoms with Crippen molar-refractivity contribution in [3.8, 4) is 10.6 Å². The van der Waals surface area contributed by atoms with Crippen LogP contribution in [-0.2, 0) is 6.42 Å². The van der Waals surface area contributed by atoms with Crippen molar-refractivity contribution in [2.75, 3.05) is 31.7 Å². The Hall–Kier alpha value is -1.96. The molecule has 0 spiro atoms. The molecule has 0 fully saturated rings. The molecular formula is C21H32N4O2S. The first-order valence-electron chi connectivity index (χ1n) is 10.1. The number of amides is 1. The van der Waals surface area contributed by atoms with Gasteiger partial charge in [0.05, 0.1) is 11.4 Å². The van der Waals surface area contributed by atoms with E-state index in [2.05, 4.69) is 36.5 Å². The van der Waals surface area contributed by atoms with E-state index in [4.69, 9.17) is 10.2 Å². The van der Waals surface area contributed by atoms with E-state index in [-0.39, 0.29) is 5.91 Å². The van der Waals surface area contributed by atoms with Crippen molar-refractivity contribution in [2.45, 2.75) is 46.5 Å². The number of benzene rings is 1. The van der Waals surface area contributed by atoms with Gasteiger partial charge in [0.25, 0.3) is 5.91 Å². The summed E-state index contributed by atoms with van der Waals surface area (Å²) in [6.45, 7) is 10.0. The molecule has 3 N–H and O–H groups in total. The molecule has 0 saturated heterocycles. The maximum Gasteiger partial charge on any atom is 0.263 e. The summed E-state index contributed by atoms with van der Waals surface area (Å²) in [5, 5.41) is 12.9. The molecule has 1 aromatic heterocycles. The Balaban J connectivity index is 2.11. The van der Waals surface area contributed by atoms with Gasteiger partial charge in [-0.25, -0.2) is 4.98 Å². The number of nitrogens with one attached hydrogen (secondary N) is 2. The summed E-state index contributed by atoms with van der Waals surface area (Å²) in [7, 11) is 0. The maximum atomic E-state index is 12.8. The monoisotopic (exact) mass is 404 g/mol. The van der Waals surface area contributed by atoms with Crippen LogP contribution in [0.4, 0.5) is 5.69 Å². The quantitative estimate of drug-likeness (QED) is 0.457. The first-order valence-corrected chi connectivity index (χ1v) is 10.9. The molecule has 0 radical (unpaired) electrons. The van der Waals surface area contributed by atoms with Crippen molar-refractivity contribution >= 4 is 22.9 Å². The van der Waals surface area contributed by atoms with Crippen molar-refractivity contribution < 1.29 is 10.0 Å². The van der Waals surface area contributed by atoms with Crippen LogP contribution >= 0.6 is 11.3 Å². The Kier molecular flexibility index (Phi) is 9.40. The summed E-state index contributed by atoms with van der Waals surface area (Å²) in [4.78, 5) is 20.6. The van der Waals surface area contributed by atoms with Gasteiger partial charge in [-0.05, 0) is 56.6 Å². The molecule has 0 atom stereocenters. The third kappa shape index (κ3) is 6.29. The fraction of sp³-hybridized carbons (Fsp3) is 0.524. The average Bonchev–Trinajstić information content (AvgIpc) is 3.15. The highest BCUT2D eigenvalue weighted by atomic mass is 32.1. The normalized spacial score (nSPS) is 11.0. The number of rotatable bonds is 12. The molecule has 1 aromatic carbocycles. The number of likely N-dealkylation sites (N-methyl/N-ethyl adjacent to an activating group) is 1. The van der Waals surface area contributed by atoms with Crippen molar-refractivity contribution in [1.82, 2.24) is 15.2 Å². The van der Waals surface area contributed by atoms with Crippen molar-refractivity contribution in [1.29, 1.82) is 0 Å². The van der Waals surface area contributed by atoms with Gasteiger partial charge in [-0.15, -0.1) is 11.3 Å². The first-order chi connectivity index (χ1) is 13.6. The maximum absolute atomic E-state index is 12.8. The van der Waals surface area contributed by atoms with Crippen molar-refractivity contribution in [3.05, 3.63) is 34.8 Å². The van der Waals surface area contributed by atoms with Crippen LogP contribution in [0.1, 0.15) is 55.4 Å². The Morgan fingerprint density at radius 3 is 2.50 bits per heavy atom. The molecule has 2 rings (SSSR count). The molecule has 7 heteroatoms. The van der Waals surface area contributed by atoms with E-state index in [1.165, 1.54) is 11.3 Å². The Morgan fingerprint density at radius 2 is 1.89 bits per heavy atom. The van der Waals surface area contributed by atoms with Gasteiger partial charge in [0.15, 0.2) is 0 Å². The highest BCUT2D eigenvalue weighted by Crippen LogP contribution is 2.30. The van der Waals surface area contributed by atoms with Crippen molar-refractivity contribution in [2.24, 2.45) is 0 Å². The standard InChI is InChI=1S/C21H32N4O2S/c1-4-7-8-18-19(20(26)22-13-15-25(6-3)14-5-2)28-21(23-18)16-9-11-17(24-27)12-10-16/h9-12,24,27H,4-8,13-15H2,1-3H3,(H,22,26). The van der Waals surface area contributed by atoms with Gasteiger partial charge >= 0.3 is 0 Å². The number of carbonyl (C=O) groups is 1. The molecule has 154 valence electrons.